The molecule has 4 bridgehead atoms. The van der Waals surface area contributed by atoms with Crippen molar-refractivity contribution in [1.29, 1.82) is 0 Å². The predicted octanol–water partition coefficient (Wildman–Crippen LogP) is 3.19. The number of rotatable bonds is 0. The Balaban J connectivity index is 1.97. The van der Waals surface area contributed by atoms with Crippen LogP contribution in [-0.2, 0) is 0 Å². The van der Waals surface area contributed by atoms with Crippen molar-refractivity contribution in [3.63, 3.8) is 0 Å². The third kappa shape index (κ3) is 0.878. The van der Waals surface area contributed by atoms with E-state index in [0.717, 1.165) is 12.8 Å². The van der Waals surface area contributed by atoms with E-state index < -0.39 is 0 Å². The van der Waals surface area contributed by atoms with Gasteiger partial charge in [0.25, 0.3) is 0 Å². The predicted molar refractivity (Wildman–Crippen MR) is 63.4 cm³/mol. The fourth-order valence-electron chi connectivity index (χ4n) is 4.78. The van der Waals surface area contributed by atoms with Crippen molar-refractivity contribution in [1.82, 2.24) is 0 Å². The Kier molecular flexibility index (Phi) is 1.46. The van der Waals surface area contributed by atoms with Gasteiger partial charge in [-0.05, 0) is 54.1 Å². The largest absolute Gasteiger partial charge is 0.389 e. The molecule has 1 nitrogen and oxygen atoms in total. The standard InChI is InChI=1S/C15H18O/c1-14-6-10-8-15(14,16)9-11(7-14)13-5-3-2-4-12(10)13/h2-5,10-11,16H,6-9H2,1H3. The van der Waals surface area contributed by atoms with Crippen molar-refractivity contribution >= 4 is 0 Å². The van der Waals surface area contributed by atoms with Gasteiger partial charge in [0.2, 0.25) is 0 Å². The number of aliphatic hydroxyl groups is 1. The van der Waals surface area contributed by atoms with E-state index in [1.165, 1.54) is 24.0 Å². The summed E-state index contributed by atoms with van der Waals surface area (Å²) in [4.78, 5) is 0. The van der Waals surface area contributed by atoms with Crippen LogP contribution < -0.4 is 0 Å². The lowest BCUT2D eigenvalue weighted by Gasteiger charge is -2.32. The molecule has 4 aliphatic rings. The van der Waals surface area contributed by atoms with Crippen LogP contribution in [0.2, 0.25) is 0 Å². The van der Waals surface area contributed by atoms with E-state index in [1.54, 1.807) is 0 Å². The minimum atomic E-state index is -0.374. The molecule has 4 aliphatic carbocycles. The molecule has 16 heavy (non-hydrogen) atoms. The third-order valence-corrected chi connectivity index (χ3v) is 5.56. The monoisotopic (exact) mass is 214 g/mol. The lowest BCUT2D eigenvalue weighted by atomic mass is 9.79. The molecule has 0 saturated heterocycles. The van der Waals surface area contributed by atoms with Crippen LogP contribution in [0.3, 0.4) is 0 Å². The Labute approximate surface area is 96.5 Å². The summed E-state index contributed by atoms with van der Waals surface area (Å²) in [5.41, 5.74) is 2.87. The summed E-state index contributed by atoms with van der Waals surface area (Å²) >= 11 is 0. The minimum absolute atomic E-state index is 0.182. The van der Waals surface area contributed by atoms with Crippen molar-refractivity contribution in [2.24, 2.45) is 5.41 Å². The highest BCUT2D eigenvalue weighted by molar-refractivity contribution is 5.41. The number of benzene rings is 1. The fraction of sp³-hybridized carbons (Fsp3) is 0.600. The second-order valence-corrected chi connectivity index (χ2v) is 6.43. The Hall–Kier alpha value is -0.820. The quantitative estimate of drug-likeness (QED) is 0.703. The molecule has 1 aromatic rings. The van der Waals surface area contributed by atoms with Crippen molar-refractivity contribution in [2.75, 3.05) is 0 Å². The van der Waals surface area contributed by atoms with Gasteiger partial charge in [0, 0.05) is 0 Å². The first-order valence-electron chi connectivity index (χ1n) is 6.43. The number of hydrogen-bond donors (Lipinski definition) is 1. The van der Waals surface area contributed by atoms with Crippen LogP contribution in [0.5, 0.6) is 0 Å². The second-order valence-electron chi connectivity index (χ2n) is 6.43. The van der Waals surface area contributed by atoms with E-state index in [1.807, 2.05) is 0 Å². The van der Waals surface area contributed by atoms with Crippen LogP contribution in [-0.4, -0.2) is 10.7 Å². The fourth-order valence-corrected chi connectivity index (χ4v) is 4.78. The summed E-state index contributed by atoms with van der Waals surface area (Å²) in [7, 11) is 0. The Morgan fingerprint density at radius 2 is 1.50 bits per heavy atom. The van der Waals surface area contributed by atoms with E-state index in [-0.39, 0.29) is 11.0 Å². The van der Waals surface area contributed by atoms with Gasteiger partial charge in [0.1, 0.15) is 0 Å². The van der Waals surface area contributed by atoms with Gasteiger partial charge in [-0.3, -0.25) is 0 Å². The molecule has 2 saturated carbocycles. The van der Waals surface area contributed by atoms with Crippen LogP contribution in [0.25, 0.3) is 0 Å². The SMILES string of the molecule is CC12CC3CC1(O)CC(C2)c1ccccc13. The van der Waals surface area contributed by atoms with Gasteiger partial charge in [0.05, 0.1) is 5.60 Å². The Morgan fingerprint density at radius 3 is 1.94 bits per heavy atom. The first-order valence-corrected chi connectivity index (χ1v) is 6.43. The van der Waals surface area contributed by atoms with Gasteiger partial charge in [-0.2, -0.15) is 0 Å². The lowest BCUT2D eigenvalue weighted by molar-refractivity contribution is -0.0269. The topological polar surface area (TPSA) is 20.2 Å². The van der Waals surface area contributed by atoms with Crippen molar-refractivity contribution in [3.05, 3.63) is 35.4 Å². The molecule has 5 rings (SSSR count). The highest BCUT2D eigenvalue weighted by Gasteiger charge is 2.62. The summed E-state index contributed by atoms with van der Waals surface area (Å²) in [6, 6.07) is 8.88. The van der Waals surface area contributed by atoms with Crippen LogP contribution in [0.15, 0.2) is 24.3 Å². The van der Waals surface area contributed by atoms with E-state index >= 15 is 0 Å². The maximum absolute atomic E-state index is 10.8. The minimum Gasteiger partial charge on any atom is -0.389 e. The smallest absolute Gasteiger partial charge is 0.0713 e. The first kappa shape index (κ1) is 9.23. The molecule has 0 radical (unpaired) electrons. The van der Waals surface area contributed by atoms with Gasteiger partial charge in [-0.15, -0.1) is 0 Å². The van der Waals surface area contributed by atoms with Gasteiger partial charge in [-0.1, -0.05) is 31.2 Å². The molecule has 0 spiro atoms. The van der Waals surface area contributed by atoms with Crippen LogP contribution in [0.4, 0.5) is 0 Å². The molecule has 0 aromatic heterocycles. The summed E-state index contributed by atoms with van der Waals surface area (Å²) in [5, 5.41) is 10.8. The van der Waals surface area contributed by atoms with Crippen molar-refractivity contribution < 1.29 is 5.11 Å². The van der Waals surface area contributed by atoms with E-state index in [0.29, 0.717) is 11.8 Å². The summed E-state index contributed by atoms with van der Waals surface area (Å²) < 4.78 is 0. The summed E-state index contributed by atoms with van der Waals surface area (Å²) in [5.74, 6) is 1.22. The van der Waals surface area contributed by atoms with Gasteiger partial charge in [-0.25, -0.2) is 0 Å². The Morgan fingerprint density at radius 1 is 1.00 bits per heavy atom. The van der Waals surface area contributed by atoms with Gasteiger partial charge in [0.15, 0.2) is 0 Å². The van der Waals surface area contributed by atoms with Gasteiger partial charge >= 0.3 is 0 Å². The molecular weight excluding hydrogens is 196 g/mol. The third-order valence-electron chi connectivity index (χ3n) is 5.56. The maximum atomic E-state index is 10.8. The zero-order valence-corrected chi connectivity index (χ0v) is 9.74. The van der Waals surface area contributed by atoms with E-state index in [4.69, 9.17) is 0 Å². The van der Waals surface area contributed by atoms with Crippen LogP contribution in [0, 0.1) is 5.41 Å². The average molecular weight is 214 g/mol. The van der Waals surface area contributed by atoms with Crippen molar-refractivity contribution in [3.8, 4) is 0 Å². The molecule has 0 heterocycles. The summed E-state index contributed by atoms with van der Waals surface area (Å²) in [6.07, 6.45) is 4.38. The highest BCUT2D eigenvalue weighted by atomic mass is 16.3. The molecular formula is C15H18O. The molecule has 84 valence electrons. The molecule has 1 N–H and O–H groups in total. The second kappa shape index (κ2) is 2.53. The molecule has 0 aliphatic heterocycles. The summed E-state index contributed by atoms with van der Waals surface area (Å²) in [6.45, 7) is 2.30. The molecule has 2 fully saturated rings. The normalized spacial score (nSPS) is 48.1. The maximum Gasteiger partial charge on any atom is 0.0713 e. The van der Waals surface area contributed by atoms with E-state index in [9.17, 15) is 5.11 Å². The van der Waals surface area contributed by atoms with Gasteiger partial charge < -0.3 is 5.11 Å². The molecule has 2 unspecified atom stereocenters. The number of hydrogen-bond acceptors (Lipinski definition) is 1. The zero-order chi connectivity index (χ0) is 11.0. The molecule has 1 heteroatoms. The first-order chi connectivity index (χ1) is 7.61. The van der Waals surface area contributed by atoms with E-state index in [2.05, 4.69) is 31.2 Å². The van der Waals surface area contributed by atoms with Crippen LogP contribution >= 0.6 is 0 Å². The molecule has 2 atom stereocenters. The lowest BCUT2D eigenvalue weighted by Crippen LogP contribution is -2.36. The van der Waals surface area contributed by atoms with Crippen molar-refractivity contribution in [2.45, 2.75) is 50.0 Å². The average Bonchev–Trinajstić information content (AvgIpc) is 2.52. The highest BCUT2D eigenvalue weighted by Crippen LogP contribution is 2.68. The molecule has 1 aromatic carbocycles. The molecule has 0 amide bonds. The van der Waals surface area contributed by atoms with Crippen LogP contribution in [0.1, 0.15) is 55.6 Å². The zero-order valence-electron chi connectivity index (χ0n) is 9.74. The Bertz CT molecular complexity index is 407.